The third-order valence-electron chi connectivity index (χ3n) is 4.74. The quantitative estimate of drug-likeness (QED) is 0.892. The highest BCUT2D eigenvalue weighted by Crippen LogP contribution is 2.58. The fourth-order valence-electron chi connectivity index (χ4n) is 3.40. The lowest BCUT2D eigenvalue weighted by molar-refractivity contribution is -0.123. The van der Waals surface area contributed by atoms with Gasteiger partial charge in [0.15, 0.2) is 0 Å². The second kappa shape index (κ2) is 5.72. The molecule has 0 unspecified atom stereocenters. The van der Waals surface area contributed by atoms with Gasteiger partial charge in [0.05, 0.1) is 0 Å². The maximum atomic E-state index is 13.1. The zero-order valence-corrected chi connectivity index (χ0v) is 11.9. The highest BCUT2D eigenvalue weighted by molar-refractivity contribution is 5.82. The van der Waals surface area contributed by atoms with Crippen LogP contribution in [0.4, 0.5) is 8.78 Å². The summed E-state index contributed by atoms with van der Waals surface area (Å²) >= 11 is 0. The van der Waals surface area contributed by atoms with E-state index < -0.39 is 11.6 Å². The zero-order valence-electron chi connectivity index (χ0n) is 11.9. The van der Waals surface area contributed by atoms with Crippen LogP contribution in [0.2, 0.25) is 0 Å². The summed E-state index contributed by atoms with van der Waals surface area (Å²) in [6.45, 7) is 2.41. The Hall–Kier alpha value is -1.49. The summed E-state index contributed by atoms with van der Waals surface area (Å²) in [6.07, 6.45) is 3.57. The molecule has 0 radical (unpaired) electrons. The molecule has 0 aromatic heterocycles. The molecule has 0 bridgehead atoms. The number of amides is 1. The fourth-order valence-corrected chi connectivity index (χ4v) is 3.40. The number of piperidine rings is 1. The third kappa shape index (κ3) is 3.23. The van der Waals surface area contributed by atoms with Gasteiger partial charge in [-0.05, 0) is 61.9 Å². The first-order chi connectivity index (χ1) is 10.1. The molecular formula is C16H20F2N2O. The molecule has 1 saturated heterocycles. The Morgan fingerprint density at radius 1 is 1.24 bits per heavy atom. The highest BCUT2D eigenvalue weighted by Gasteiger charge is 2.57. The first kappa shape index (κ1) is 14.4. The van der Waals surface area contributed by atoms with E-state index >= 15 is 0 Å². The number of hydrogen-bond donors (Lipinski definition) is 2. The lowest BCUT2D eigenvalue weighted by Gasteiger charge is -2.23. The molecule has 1 aromatic rings. The summed E-state index contributed by atoms with van der Waals surface area (Å²) < 4.78 is 26.1. The second-order valence-electron chi connectivity index (χ2n) is 6.19. The maximum Gasteiger partial charge on any atom is 0.223 e. The van der Waals surface area contributed by atoms with Crippen LogP contribution in [-0.4, -0.2) is 25.5 Å². The van der Waals surface area contributed by atoms with Crippen LogP contribution < -0.4 is 10.6 Å². The van der Waals surface area contributed by atoms with Crippen molar-refractivity contribution in [2.75, 3.05) is 19.6 Å². The lowest BCUT2D eigenvalue weighted by atomic mass is 9.92. The monoisotopic (exact) mass is 294 g/mol. The van der Waals surface area contributed by atoms with Crippen molar-refractivity contribution in [3.05, 3.63) is 35.4 Å². The Morgan fingerprint density at radius 3 is 2.57 bits per heavy atom. The molecule has 1 aliphatic heterocycles. The number of halogens is 2. The summed E-state index contributed by atoms with van der Waals surface area (Å²) in [4.78, 5) is 12.1. The van der Waals surface area contributed by atoms with Crippen molar-refractivity contribution in [3.8, 4) is 0 Å². The van der Waals surface area contributed by atoms with Crippen molar-refractivity contribution in [1.82, 2.24) is 10.6 Å². The average Bonchev–Trinajstić information content (AvgIpc) is 3.12. The molecule has 1 spiro atoms. The molecule has 5 heteroatoms. The van der Waals surface area contributed by atoms with Crippen molar-refractivity contribution in [2.24, 2.45) is 11.3 Å². The molecule has 2 aliphatic rings. The first-order valence-corrected chi connectivity index (χ1v) is 7.52. The molecule has 1 aliphatic carbocycles. The van der Waals surface area contributed by atoms with Gasteiger partial charge in [-0.3, -0.25) is 4.79 Å². The van der Waals surface area contributed by atoms with Gasteiger partial charge in [-0.25, -0.2) is 8.78 Å². The van der Waals surface area contributed by atoms with Crippen LogP contribution in [0.1, 0.15) is 24.8 Å². The number of nitrogens with one attached hydrogen (secondary N) is 2. The molecule has 3 rings (SSSR count). The van der Waals surface area contributed by atoms with E-state index in [9.17, 15) is 13.6 Å². The Labute approximate surface area is 123 Å². The lowest BCUT2D eigenvalue weighted by Crippen LogP contribution is -2.34. The number of rotatable bonds is 4. The standard InChI is InChI=1S/C16H20F2N2O/c17-12-7-11(8-13(18)9-12)1-4-20-15(21)14-10-16(14)2-5-19-6-3-16/h7-9,14,19H,1-6,10H2,(H,20,21)/t14-/m0/s1. The first-order valence-electron chi connectivity index (χ1n) is 7.52. The van der Waals surface area contributed by atoms with E-state index in [2.05, 4.69) is 10.6 Å². The van der Waals surface area contributed by atoms with Crippen LogP contribution in [0.25, 0.3) is 0 Å². The van der Waals surface area contributed by atoms with E-state index in [1.54, 1.807) is 0 Å². The molecule has 1 saturated carbocycles. The Balaban J connectivity index is 1.46. The van der Waals surface area contributed by atoms with Crippen molar-refractivity contribution in [1.29, 1.82) is 0 Å². The van der Waals surface area contributed by atoms with Gasteiger partial charge >= 0.3 is 0 Å². The van der Waals surface area contributed by atoms with Gasteiger partial charge in [0.1, 0.15) is 11.6 Å². The number of carbonyl (C=O) groups excluding carboxylic acids is 1. The molecule has 1 amide bonds. The molecule has 1 atom stereocenters. The summed E-state index contributed by atoms with van der Waals surface area (Å²) in [5.41, 5.74) is 0.792. The predicted octanol–water partition coefficient (Wildman–Crippen LogP) is 2.01. The minimum absolute atomic E-state index is 0.0915. The van der Waals surface area contributed by atoms with E-state index in [1.165, 1.54) is 12.1 Å². The van der Waals surface area contributed by atoms with E-state index in [1.807, 2.05) is 0 Å². The maximum absolute atomic E-state index is 13.1. The number of benzene rings is 1. The summed E-state index contributed by atoms with van der Waals surface area (Å²) in [5.74, 6) is -0.933. The van der Waals surface area contributed by atoms with Crippen LogP contribution >= 0.6 is 0 Å². The minimum atomic E-state index is -0.577. The predicted molar refractivity (Wildman–Crippen MR) is 75.7 cm³/mol. The average molecular weight is 294 g/mol. The Bertz CT molecular complexity index is 521. The summed E-state index contributed by atoms with van der Waals surface area (Å²) in [5, 5.41) is 6.21. The zero-order chi connectivity index (χ0) is 14.9. The third-order valence-corrected chi connectivity index (χ3v) is 4.74. The van der Waals surface area contributed by atoms with Crippen molar-refractivity contribution >= 4 is 5.91 Å². The van der Waals surface area contributed by atoms with E-state index in [0.717, 1.165) is 38.4 Å². The minimum Gasteiger partial charge on any atom is -0.356 e. The van der Waals surface area contributed by atoms with Gasteiger partial charge < -0.3 is 10.6 Å². The second-order valence-corrected chi connectivity index (χ2v) is 6.19. The van der Waals surface area contributed by atoms with Gasteiger partial charge in [0, 0.05) is 18.5 Å². The van der Waals surface area contributed by atoms with E-state index in [0.29, 0.717) is 18.5 Å². The van der Waals surface area contributed by atoms with Gasteiger partial charge in [-0.15, -0.1) is 0 Å². The summed E-state index contributed by atoms with van der Waals surface area (Å²) in [7, 11) is 0. The van der Waals surface area contributed by atoms with Crippen LogP contribution in [-0.2, 0) is 11.2 Å². The van der Waals surface area contributed by atoms with Crippen molar-refractivity contribution in [3.63, 3.8) is 0 Å². The molecule has 21 heavy (non-hydrogen) atoms. The van der Waals surface area contributed by atoms with Crippen LogP contribution in [0.3, 0.4) is 0 Å². The summed E-state index contributed by atoms with van der Waals surface area (Å²) in [6, 6.07) is 3.47. The van der Waals surface area contributed by atoms with Crippen LogP contribution in [0.5, 0.6) is 0 Å². The van der Waals surface area contributed by atoms with Crippen LogP contribution in [0.15, 0.2) is 18.2 Å². The smallest absolute Gasteiger partial charge is 0.223 e. The van der Waals surface area contributed by atoms with Crippen molar-refractivity contribution < 1.29 is 13.6 Å². The Morgan fingerprint density at radius 2 is 1.90 bits per heavy atom. The van der Waals surface area contributed by atoms with E-state index in [4.69, 9.17) is 0 Å². The van der Waals surface area contributed by atoms with Crippen LogP contribution in [0, 0.1) is 23.0 Å². The molecule has 2 fully saturated rings. The molecule has 3 nitrogen and oxygen atoms in total. The van der Waals surface area contributed by atoms with Crippen molar-refractivity contribution in [2.45, 2.75) is 25.7 Å². The molecular weight excluding hydrogens is 274 g/mol. The fraction of sp³-hybridized carbons (Fsp3) is 0.562. The molecule has 114 valence electrons. The van der Waals surface area contributed by atoms with Gasteiger partial charge in [0.25, 0.3) is 0 Å². The number of carbonyl (C=O) groups is 1. The SMILES string of the molecule is O=C(NCCc1cc(F)cc(F)c1)[C@@H]1CC12CCNCC2. The highest BCUT2D eigenvalue weighted by atomic mass is 19.1. The van der Waals surface area contributed by atoms with E-state index in [-0.39, 0.29) is 17.2 Å². The molecule has 2 N–H and O–H groups in total. The number of hydrogen-bond acceptors (Lipinski definition) is 2. The van der Waals surface area contributed by atoms with Gasteiger partial charge in [0.2, 0.25) is 5.91 Å². The topological polar surface area (TPSA) is 41.1 Å². The Kier molecular flexibility index (Phi) is 3.93. The molecule has 1 aromatic carbocycles. The van der Waals surface area contributed by atoms with Gasteiger partial charge in [-0.2, -0.15) is 0 Å². The van der Waals surface area contributed by atoms with Gasteiger partial charge in [-0.1, -0.05) is 0 Å². The normalized spacial score (nSPS) is 23.0. The molecule has 1 heterocycles. The largest absolute Gasteiger partial charge is 0.356 e.